The fourth-order valence-corrected chi connectivity index (χ4v) is 3.78. The lowest BCUT2D eigenvalue weighted by Crippen LogP contribution is -2.53. The molecule has 2 aromatic carbocycles. The van der Waals surface area contributed by atoms with Crippen LogP contribution < -0.4 is 4.74 Å². The zero-order valence-electron chi connectivity index (χ0n) is 16.0. The number of halogens is 1. The first-order valence-corrected chi connectivity index (χ1v) is 9.63. The van der Waals surface area contributed by atoms with Crippen molar-refractivity contribution in [1.82, 2.24) is 9.80 Å². The molecule has 1 aliphatic rings. The number of ether oxygens (including phenoxy) is 1. The molecule has 4 nitrogen and oxygen atoms in total. The summed E-state index contributed by atoms with van der Waals surface area (Å²) in [7, 11) is 1.60. The maximum atomic E-state index is 14.2. The summed E-state index contributed by atoms with van der Waals surface area (Å²) in [5.41, 5.74) is 2.00. The molecule has 0 aliphatic carbocycles. The highest BCUT2D eigenvalue weighted by atomic mass is 19.1. The van der Waals surface area contributed by atoms with Gasteiger partial charge in [-0.2, -0.15) is 0 Å². The summed E-state index contributed by atoms with van der Waals surface area (Å²) in [6.07, 6.45) is 1.75. The predicted molar refractivity (Wildman–Crippen MR) is 105 cm³/mol. The molecule has 0 bridgehead atoms. The fraction of sp³-hybridized carbons (Fsp3) is 0.455. The van der Waals surface area contributed by atoms with E-state index in [1.165, 1.54) is 11.6 Å². The molecule has 0 spiro atoms. The maximum absolute atomic E-state index is 14.2. The van der Waals surface area contributed by atoms with Gasteiger partial charge < -0.3 is 9.84 Å². The monoisotopic (exact) mass is 372 g/mol. The summed E-state index contributed by atoms with van der Waals surface area (Å²) in [4.78, 5) is 4.73. The van der Waals surface area contributed by atoms with Gasteiger partial charge >= 0.3 is 0 Å². The maximum Gasteiger partial charge on any atom is 0.127 e. The van der Waals surface area contributed by atoms with Crippen LogP contribution in [-0.2, 0) is 13.0 Å². The third-order valence-electron chi connectivity index (χ3n) is 5.33. The second kappa shape index (κ2) is 9.83. The minimum Gasteiger partial charge on any atom is -0.497 e. The third kappa shape index (κ3) is 5.51. The van der Waals surface area contributed by atoms with Crippen LogP contribution in [0.3, 0.4) is 0 Å². The van der Waals surface area contributed by atoms with Crippen molar-refractivity contribution in [2.75, 3.05) is 39.9 Å². The molecule has 0 unspecified atom stereocenters. The first kappa shape index (κ1) is 19.8. The molecule has 1 saturated heterocycles. The minimum atomic E-state index is -0.194. The topological polar surface area (TPSA) is 35.9 Å². The summed E-state index contributed by atoms with van der Waals surface area (Å²) >= 11 is 0. The lowest BCUT2D eigenvalue weighted by Gasteiger charge is -2.41. The van der Waals surface area contributed by atoms with Crippen LogP contribution in [0.4, 0.5) is 4.39 Å². The number of rotatable bonds is 8. The van der Waals surface area contributed by atoms with E-state index in [0.717, 1.165) is 39.0 Å². The van der Waals surface area contributed by atoms with E-state index in [1.54, 1.807) is 19.2 Å². The van der Waals surface area contributed by atoms with Gasteiger partial charge in [0.2, 0.25) is 0 Å². The highest BCUT2D eigenvalue weighted by Crippen LogP contribution is 2.21. The molecule has 5 heteroatoms. The molecule has 1 atom stereocenters. The summed E-state index contributed by atoms with van der Waals surface area (Å²) < 4.78 is 19.4. The first-order chi connectivity index (χ1) is 13.2. The number of aliphatic hydroxyl groups is 1. The first-order valence-electron chi connectivity index (χ1n) is 9.63. The molecule has 1 heterocycles. The molecule has 3 rings (SSSR count). The van der Waals surface area contributed by atoms with Gasteiger partial charge in [0.25, 0.3) is 0 Å². The normalized spacial score (nSPS) is 18.6. The highest BCUT2D eigenvalue weighted by molar-refractivity contribution is 5.29. The molecule has 146 valence electrons. The van der Waals surface area contributed by atoms with Gasteiger partial charge in [-0.3, -0.25) is 9.80 Å². The van der Waals surface area contributed by atoms with Crippen molar-refractivity contribution in [3.63, 3.8) is 0 Å². The van der Waals surface area contributed by atoms with E-state index in [2.05, 4.69) is 34.1 Å². The molecule has 1 aliphatic heterocycles. The molecular formula is C22H29FN2O2. The Balaban J connectivity index is 1.60. The van der Waals surface area contributed by atoms with Crippen LogP contribution in [0.2, 0.25) is 0 Å². The number of hydrogen-bond donors (Lipinski definition) is 1. The Hall–Kier alpha value is -1.95. The van der Waals surface area contributed by atoms with Crippen LogP contribution in [0.25, 0.3) is 0 Å². The lowest BCUT2D eigenvalue weighted by molar-refractivity contribution is 0.0556. The number of hydrogen-bond acceptors (Lipinski definition) is 4. The van der Waals surface area contributed by atoms with E-state index in [-0.39, 0.29) is 12.4 Å². The van der Waals surface area contributed by atoms with Crippen molar-refractivity contribution < 1.29 is 14.2 Å². The number of aliphatic hydroxyl groups excluding tert-OH is 1. The quantitative estimate of drug-likeness (QED) is 0.773. The SMILES string of the molecule is COc1ccc(F)c(CN2CCN(CCc3ccccc3)[C@H](CCO)C2)c1. The summed E-state index contributed by atoms with van der Waals surface area (Å²) in [5, 5.41) is 9.49. The largest absolute Gasteiger partial charge is 0.497 e. The van der Waals surface area contributed by atoms with Gasteiger partial charge in [0.15, 0.2) is 0 Å². The van der Waals surface area contributed by atoms with E-state index in [9.17, 15) is 9.50 Å². The van der Waals surface area contributed by atoms with Crippen LogP contribution in [0.15, 0.2) is 48.5 Å². The Bertz CT molecular complexity index is 711. The van der Waals surface area contributed by atoms with Crippen LogP contribution in [0.5, 0.6) is 5.75 Å². The van der Waals surface area contributed by atoms with Gasteiger partial charge in [0.1, 0.15) is 11.6 Å². The van der Waals surface area contributed by atoms with Crippen LogP contribution in [0.1, 0.15) is 17.5 Å². The molecule has 0 aromatic heterocycles. The van der Waals surface area contributed by atoms with E-state index in [0.29, 0.717) is 23.9 Å². The third-order valence-corrected chi connectivity index (χ3v) is 5.33. The Labute approximate surface area is 161 Å². The van der Waals surface area contributed by atoms with Crippen molar-refractivity contribution in [1.29, 1.82) is 0 Å². The lowest BCUT2D eigenvalue weighted by atomic mass is 10.1. The van der Waals surface area contributed by atoms with E-state index < -0.39 is 0 Å². The van der Waals surface area contributed by atoms with Crippen LogP contribution in [-0.4, -0.2) is 60.8 Å². The highest BCUT2D eigenvalue weighted by Gasteiger charge is 2.26. The van der Waals surface area contributed by atoms with Crippen molar-refractivity contribution >= 4 is 0 Å². The Morgan fingerprint density at radius 3 is 2.70 bits per heavy atom. The fourth-order valence-electron chi connectivity index (χ4n) is 3.78. The van der Waals surface area contributed by atoms with Crippen molar-refractivity contribution in [2.45, 2.75) is 25.4 Å². The standard InChI is InChI=1S/C22H29FN2O2/c1-27-21-7-8-22(23)19(15-21)16-24-12-13-25(20(17-24)10-14-26)11-9-18-5-3-2-4-6-18/h2-8,15,20,26H,9-14,16-17H2,1H3/t20-/m1/s1. The molecule has 1 N–H and O–H groups in total. The number of methoxy groups -OCH3 is 1. The van der Waals surface area contributed by atoms with Crippen LogP contribution >= 0.6 is 0 Å². The second-order valence-corrected chi connectivity index (χ2v) is 7.13. The van der Waals surface area contributed by atoms with Crippen molar-refractivity contribution in [3.8, 4) is 5.75 Å². The zero-order chi connectivity index (χ0) is 19.1. The summed E-state index contributed by atoms with van der Waals surface area (Å²) in [6, 6.07) is 15.7. The molecule has 1 fully saturated rings. The average Bonchev–Trinajstić information content (AvgIpc) is 2.70. The Morgan fingerprint density at radius 1 is 1.15 bits per heavy atom. The smallest absolute Gasteiger partial charge is 0.127 e. The van der Waals surface area contributed by atoms with Crippen molar-refractivity contribution in [2.24, 2.45) is 0 Å². The minimum absolute atomic E-state index is 0.174. The Morgan fingerprint density at radius 2 is 1.96 bits per heavy atom. The van der Waals surface area contributed by atoms with Gasteiger partial charge in [0.05, 0.1) is 7.11 Å². The van der Waals surface area contributed by atoms with E-state index in [4.69, 9.17) is 4.74 Å². The molecule has 27 heavy (non-hydrogen) atoms. The molecule has 0 amide bonds. The van der Waals surface area contributed by atoms with Gasteiger partial charge in [-0.15, -0.1) is 0 Å². The molecule has 0 radical (unpaired) electrons. The molecule has 0 saturated carbocycles. The van der Waals surface area contributed by atoms with Crippen LogP contribution in [0, 0.1) is 5.82 Å². The molecule has 2 aromatic rings. The predicted octanol–water partition coefficient (Wildman–Crippen LogP) is 2.95. The van der Waals surface area contributed by atoms with E-state index in [1.807, 2.05) is 6.07 Å². The number of piperazine rings is 1. The number of nitrogens with zero attached hydrogens (tertiary/aromatic N) is 2. The number of benzene rings is 2. The zero-order valence-corrected chi connectivity index (χ0v) is 16.0. The van der Waals surface area contributed by atoms with Gasteiger partial charge in [-0.25, -0.2) is 4.39 Å². The van der Waals surface area contributed by atoms with Gasteiger partial charge in [-0.05, 0) is 36.6 Å². The van der Waals surface area contributed by atoms with Gasteiger partial charge in [-0.1, -0.05) is 30.3 Å². The Kier molecular flexibility index (Phi) is 7.21. The summed E-state index contributed by atoms with van der Waals surface area (Å²) in [5.74, 6) is 0.487. The molecular weight excluding hydrogens is 343 g/mol. The average molecular weight is 372 g/mol. The van der Waals surface area contributed by atoms with Crippen molar-refractivity contribution in [3.05, 3.63) is 65.5 Å². The summed E-state index contributed by atoms with van der Waals surface area (Å²) in [6.45, 7) is 4.39. The van der Waals surface area contributed by atoms with E-state index >= 15 is 0 Å². The van der Waals surface area contributed by atoms with Gasteiger partial charge in [0, 0.05) is 50.9 Å². The second-order valence-electron chi connectivity index (χ2n) is 7.13.